The highest BCUT2D eigenvalue weighted by Crippen LogP contribution is 2.31. The highest BCUT2D eigenvalue weighted by atomic mass is 15.1. The minimum absolute atomic E-state index is 0.954. The lowest BCUT2D eigenvalue weighted by molar-refractivity contribution is 0.252. The van der Waals surface area contributed by atoms with E-state index in [-0.39, 0.29) is 0 Å². The van der Waals surface area contributed by atoms with Crippen molar-refractivity contribution in [2.24, 2.45) is 11.8 Å². The van der Waals surface area contributed by atoms with Crippen LogP contribution >= 0.6 is 0 Å². The van der Waals surface area contributed by atoms with Crippen LogP contribution < -0.4 is 5.32 Å². The van der Waals surface area contributed by atoms with Crippen molar-refractivity contribution in [1.82, 2.24) is 10.2 Å². The standard InChI is InChI=1S/C15H32N2/c1-4-5-6-14-7-9-15(10-8-14)13-16-11-12-17(2)3/h14-16H,4-13H2,1-3H3. The molecule has 0 aromatic heterocycles. The van der Waals surface area contributed by atoms with Gasteiger partial charge < -0.3 is 10.2 Å². The summed E-state index contributed by atoms with van der Waals surface area (Å²) in [7, 11) is 4.28. The third kappa shape index (κ3) is 7.05. The van der Waals surface area contributed by atoms with Crippen LogP contribution in [0.5, 0.6) is 0 Å². The highest BCUT2D eigenvalue weighted by molar-refractivity contribution is 4.74. The first-order chi connectivity index (χ1) is 8.22. The van der Waals surface area contributed by atoms with Crippen molar-refractivity contribution in [3.63, 3.8) is 0 Å². The summed E-state index contributed by atoms with van der Waals surface area (Å²) in [5.41, 5.74) is 0. The van der Waals surface area contributed by atoms with Gasteiger partial charge in [-0.1, -0.05) is 39.0 Å². The predicted molar refractivity (Wildman–Crippen MR) is 76.4 cm³/mol. The Morgan fingerprint density at radius 3 is 2.29 bits per heavy atom. The van der Waals surface area contributed by atoms with Crippen molar-refractivity contribution in [2.45, 2.75) is 51.9 Å². The molecule has 0 heterocycles. The Labute approximate surface area is 108 Å². The molecular formula is C15H32N2. The largest absolute Gasteiger partial charge is 0.315 e. The first kappa shape index (κ1) is 15.0. The van der Waals surface area contributed by atoms with Crippen LogP contribution in [0.4, 0.5) is 0 Å². The third-order valence-corrected chi connectivity index (χ3v) is 4.10. The molecule has 2 heteroatoms. The second kappa shape index (κ2) is 8.93. The molecule has 0 amide bonds. The van der Waals surface area contributed by atoms with Crippen molar-refractivity contribution in [3.8, 4) is 0 Å². The SMILES string of the molecule is CCCCC1CCC(CNCCN(C)C)CC1. The van der Waals surface area contributed by atoms with Crippen molar-refractivity contribution >= 4 is 0 Å². The average molecular weight is 240 g/mol. The number of unbranched alkanes of at least 4 members (excludes halogenated alkanes) is 1. The lowest BCUT2D eigenvalue weighted by Crippen LogP contribution is -2.31. The second-order valence-corrected chi connectivity index (χ2v) is 6.04. The summed E-state index contributed by atoms with van der Waals surface area (Å²) < 4.78 is 0. The molecule has 1 aliphatic rings. The maximum absolute atomic E-state index is 3.60. The first-order valence-electron chi connectivity index (χ1n) is 7.57. The minimum Gasteiger partial charge on any atom is -0.315 e. The smallest absolute Gasteiger partial charge is 0.0101 e. The summed E-state index contributed by atoms with van der Waals surface area (Å²) in [6, 6.07) is 0. The Morgan fingerprint density at radius 2 is 1.71 bits per heavy atom. The van der Waals surface area contributed by atoms with Gasteiger partial charge in [-0.15, -0.1) is 0 Å². The molecule has 0 aromatic carbocycles. The molecule has 0 spiro atoms. The van der Waals surface area contributed by atoms with E-state index >= 15 is 0 Å². The summed E-state index contributed by atoms with van der Waals surface area (Å²) >= 11 is 0. The molecule has 0 radical (unpaired) electrons. The zero-order chi connectivity index (χ0) is 12.5. The summed E-state index contributed by atoms with van der Waals surface area (Å²) in [4.78, 5) is 2.24. The molecule has 1 saturated carbocycles. The molecule has 1 rings (SSSR count). The Morgan fingerprint density at radius 1 is 1.06 bits per heavy atom. The molecule has 0 aromatic rings. The topological polar surface area (TPSA) is 15.3 Å². The van der Waals surface area contributed by atoms with E-state index in [1.165, 1.54) is 51.5 Å². The third-order valence-electron chi connectivity index (χ3n) is 4.10. The fourth-order valence-corrected chi connectivity index (χ4v) is 2.83. The van der Waals surface area contributed by atoms with Gasteiger partial charge >= 0.3 is 0 Å². The van der Waals surface area contributed by atoms with E-state index in [0.717, 1.165) is 24.9 Å². The molecular weight excluding hydrogens is 208 g/mol. The molecule has 2 nitrogen and oxygen atoms in total. The van der Waals surface area contributed by atoms with E-state index < -0.39 is 0 Å². The van der Waals surface area contributed by atoms with Gasteiger partial charge in [-0.25, -0.2) is 0 Å². The van der Waals surface area contributed by atoms with E-state index in [1.54, 1.807) is 0 Å². The van der Waals surface area contributed by atoms with Crippen LogP contribution in [0.15, 0.2) is 0 Å². The van der Waals surface area contributed by atoms with Gasteiger partial charge in [-0.2, -0.15) is 0 Å². The van der Waals surface area contributed by atoms with Gasteiger partial charge in [0.1, 0.15) is 0 Å². The lowest BCUT2D eigenvalue weighted by atomic mass is 9.80. The first-order valence-corrected chi connectivity index (χ1v) is 7.57. The van der Waals surface area contributed by atoms with E-state index in [9.17, 15) is 0 Å². The molecule has 0 aliphatic heterocycles. The van der Waals surface area contributed by atoms with Crippen LogP contribution in [0.1, 0.15) is 51.9 Å². The number of rotatable bonds is 8. The van der Waals surface area contributed by atoms with Crippen LogP contribution in [0, 0.1) is 11.8 Å². The van der Waals surface area contributed by atoms with Gasteiger partial charge in [0.15, 0.2) is 0 Å². The average Bonchev–Trinajstić information content (AvgIpc) is 2.33. The molecule has 1 fully saturated rings. The number of hydrogen-bond donors (Lipinski definition) is 1. The zero-order valence-electron chi connectivity index (χ0n) is 12.2. The minimum atomic E-state index is 0.954. The van der Waals surface area contributed by atoms with Gasteiger partial charge in [0, 0.05) is 13.1 Å². The lowest BCUT2D eigenvalue weighted by Gasteiger charge is -2.28. The predicted octanol–water partition coefficient (Wildman–Crippen LogP) is 3.13. The van der Waals surface area contributed by atoms with Crippen molar-refractivity contribution in [3.05, 3.63) is 0 Å². The number of likely N-dealkylation sites (N-methyl/N-ethyl adjacent to an activating group) is 1. The Balaban J connectivity index is 1.99. The summed E-state index contributed by atoms with van der Waals surface area (Å²) in [6.45, 7) is 5.85. The molecule has 17 heavy (non-hydrogen) atoms. The fraction of sp³-hybridized carbons (Fsp3) is 1.00. The van der Waals surface area contributed by atoms with Gasteiger partial charge in [-0.05, 0) is 45.3 Å². The van der Waals surface area contributed by atoms with Gasteiger partial charge in [0.05, 0.1) is 0 Å². The maximum atomic E-state index is 3.60. The normalized spacial score (nSPS) is 25.4. The van der Waals surface area contributed by atoms with E-state index in [0.29, 0.717) is 0 Å². The molecule has 0 unspecified atom stereocenters. The molecule has 0 atom stereocenters. The van der Waals surface area contributed by atoms with E-state index in [4.69, 9.17) is 0 Å². The molecule has 1 N–H and O–H groups in total. The van der Waals surface area contributed by atoms with Crippen LogP contribution in [0.25, 0.3) is 0 Å². The Hall–Kier alpha value is -0.0800. The van der Waals surface area contributed by atoms with E-state index in [2.05, 4.69) is 31.2 Å². The van der Waals surface area contributed by atoms with Crippen LogP contribution in [-0.4, -0.2) is 38.6 Å². The number of hydrogen-bond acceptors (Lipinski definition) is 2. The molecule has 0 saturated heterocycles. The van der Waals surface area contributed by atoms with Gasteiger partial charge in [0.25, 0.3) is 0 Å². The second-order valence-electron chi connectivity index (χ2n) is 6.04. The molecule has 1 aliphatic carbocycles. The van der Waals surface area contributed by atoms with Crippen molar-refractivity contribution in [1.29, 1.82) is 0 Å². The number of nitrogens with one attached hydrogen (secondary N) is 1. The van der Waals surface area contributed by atoms with Gasteiger partial charge in [0.2, 0.25) is 0 Å². The molecule has 102 valence electrons. The van der Waals surface area contributed by atoms with Crippen LogP contribution in [0.3, 0.4) is 0 Å². The highest BCUT2D eigenvalue weighted by Gasteiger charge is 2.20. The fourth-order valence-electron chi connectivity index (χ4n) is 2.83. The van der Waals surface area contributed by atoms with Crippen molar-refractivity contribution < 1.29 is 0 Å². The quantitative estimate of drug-likeness (QED) is 0.656. The van der Waals surface area contributed by atoms with Crippen LogP contribution in [-0.2, 0) is 0 Å². The zero-order valence-corrected chi connectivity index (χ0v) is 12.2. The van der Waals surface area contributed by atoms with Gasteiger partial charge in [-0.3, -0.25) is 0 Å². The molecule has 0 bridgehead atoms. The maximum Gasteiger partial charge on any atom is 0.0101 e. The van der Waals surface area contributed by atoms with Crippen LogP contribution in [0.2, 0.25) is 0 Å². The van der Waals surface area contributed by atoms with E-state index in [1.807, 2.05) is 0 Å². The monoisotopic (exact) mass is 240 g/mol. The Bertz CT molecular complexity index is 172. The Kier molecular flexibility index (Phi) is 7.87. The number of nitrogens with zero attached hydrogens (tertiary/aromatic N) is 1. The van der Waals surface area contributed by atoms with Crippen molar-refractivity contribution in [2.75, 3.05) is 33.7 Å². The summed E-state index contributed by atoms with van der Waals surface area (Å²) in [5, 5.41) is 3.60. The summed E-state index contributed by atoms with van der Waals surface area (Å²) in [6.07, 6.45) is 10.2. The summed E-state index contributed by atoms with van der Waals surface area (Å²) in [5.74, 6) is 2.00.